The molecule has 0 unspecified atom stereocenters. The summed E-state index contributed by atoms with van der Waals surface area (Å²) in [7, 11) is 0. The predicted octanol–water partition coefficient (Wildman–Crippen LogP) is 4.26. The molecule has 0 radical (unpaired) electrons. The van der Waals surface area contributed by atoms with Gasteiger partial charge in [-0.25, -0.2) is 0 Å². The molecule has 0 amide bonds. The van der Waals surface area contributed by atoms with Crippen molar-refractivity contribution in [3.05, 3.63) is 37.0 Å². The summed E-state index contributed by atoms with van der Waals surface area (Å²) >= 11 is 0. The van der Waals surface area contributed by atoms with Crippen LogP contribution in [0.4, 0.5) is 0 Å². The maximum Gasteiger partial charge on any atom is -0.0345 e. The maximum atomic E-state index is 3.68. The molecule has 0 spiro atoms. The van der Waals surface area contributed by atoms with Gasteiger partial charge in [0.15, 0.2) is 0 Å². The Morgan fingerprint density at radius 2 is 1.67 bits per heavy atom. The van der Waals surface area contributed by atoms with Gasteiger partial charge in [0.05, 0.1) is 0 Å². The lowest BCUT2D eigenvalue weighted by atomic mass is 10.2. The Kier molecular flexibility index (Phi) is 9.56. The van der Waals surface area contributed by atoms with Gasteiger partial charge in [0.25, 0.3) is 0 Å². The molecule has 0 heteroatoms. The fourth-order valence-corrected chi connectivity index (χ4v) is 0.896. The summed E-state index contributed by atoms with van der Waals surface area (Å²) in [6.07, 6.45) is 16.6. The largest absolute Gasteiger partial charge is 0.103 e. The summed E-state index contributed by atoms with van der Waals surface area (Å²) in [5.41, 5.74) is 0. The fourth-order valence-electron chi connectivity index (χ4n) is 0.896. The summed E-state index contributed by atoms with van der Waals surface area (Å²) in [4.78, 5) is 0. The second-order valence-electron chi connectivity index (χ2n) is 2.86. The minimum absolute atomic E-state index is 1.13. The molecule has 0 aliphatic carbocycles. The van der Waals surface area contributed by atoms with E-state index in [2.05, 4.69) is 37.8 Å². The molecule has 0 fully saturated rings. The van der Waals surface area contributed by atoms with Crippen molar-refractivity contribution in [1.82, 2.24) is 0 Å². The Balaban J connectivity index is 3.18. The summed E-state index contributed by atoms with van der Waals surface area (Å²) in [6.45, 7) is 5.87. The van der Waals surface area contributed by atoms with Crippen molar-refractivity contribution in [2.24, 2.45) is 0 Å². The SMILES string of the molecule is C=CCCCC=CC=CCCC. The van der Waals surface area contributed by atoms with Gasteiger partial charge in [0, 0.05) is 0 Å². The standard InChI is InChI=1S/C12H20/c1-3-5-7-9-11-12-10-8-6-4-2/h3,8,10-12H,1,4-7,9H2,2H3. The highest BCUT2D eigenvalue weighted by Gasteiger charge is 1.77. The maximum absolute atomic E-state index is 3.68. The molecule has 12 heavy (non-hydrogen) atoms. The van der Waals surface area contributed by atoms with Crippen LogP contribution in [0, 0.1) is 0 Å². The van der Waals surface area contributed by atoms with Gasteiger partial charge in [-0.3, -0.25) is 0 Å². The Bertz CT molecular complexity index is 140. The molecular weight excluding hydrogens is 144 g/mol. The van der Waals surface area contributed by atoms with Crippen LogP contribution in [0.5, 0.6) is 0 Å². The van der Waals surface area contributed by atoms with Crippen molar-refractivity contribution in [3.8, 4) is 0 Å². The van der Waals surface area contributed by atoms with Crippen molar-refractivity contribution < 1.29 is 0 Å². The lowest BCUT2D eigenvalue weighted by Crippen LogP contribution is -1.66. The Labute approximate surface area is 76.7 Å². The van der Waals surface area contributed by atoms with E-state index < -0.39 is 0 Å². The van der Waals surface area contributed by atoms with E-state index in [1.54, 1.807) is 0 Å². The zero-order chi connectivity index (χ0) is 9.07. The number of hydrogen-bond acceptors (Lipinski definition) is 0. The molecule has 0 saturated heterocycles. The molecule has 68 valence electrons. The van der Waals surface area contributed by atoms with Crippen LogP contribution in [0.3, 0.4) is 0 Å². The van der Waals surface area contributed by atoms with Crippen LogP contribution in [-0.2, 0) is 0 Å². The highest BCUT2D eigenvalue weighted by molar-refractivity contribution is 5.02. The average Bonchev–Trinajstić information content (AvgIpc) is 2.10. The van der Waals surface area contributed by atoms with Crippen LogP contribution in [-0.4, -0.2) is 0 Å². The zero-order valence-corrected chi connectivity index (χ0v) is 8.13. The van der Waals surface area contributed by atoms with Crippen molar-refractivity contribution in [1.29, 1.82) is 0 Å². The van der Waals surface area contributed by atoms with Gasteiger partial charge in [-0.2, -0.15) is 0 Å². The zero-order valence-electron chi connectivity index (χ0n) is 8.13. The highest BCUT2D eigenvalue weighted by atomic mass is 13.8. The molecule has 0 bridgehead atoms. The highest BCUT2D eigenvalue weighted by Crippen LogP contribution is 1.97. The molecule has 0 aromatic carbocycles. The van der Waals surface area contributed by atoms with E-state index in [1.165, 1.54) is 25.7 Å². The first-order valence-electron chi connectivity index (χ1n) is 4.84. The first kappa shape index (κ1) is 11.2. The molecule has 0 atom stereocenters. The second kappa shape index (κ2) is 10.2. The van der Waals surface area contributed by atoms with Crippen LogP contribution in [0.15, 0.2) is 37.0 Å². The van der Waals surface area contributed by atoms with Crippen LogP contribution < -0.4 is 0 Å². The third-order valence-electron chi connectivity index (χ3n) is 1.62. The van der Waals surface area contributed by atoms with E-state index in [4.69, 9.17) is 0 Å². The minimum atomic E-state index is 1.13. The summed E-state index contributed by atoms with van der Waals surface area (Å²) in [6, 6.07) is 0. The van der Waals surface area contributed by atoms with Crippen LogP contribution in [0.25, 0.3) is 0 Å². The second-order valence-corrected chi connectivity index (χ2v) is 2.86. The van der Waals surface area contributed by atoms with E-state index in [-0.39, 0.29) is 0 Å². The van der Waals surface area contributed by atoms with Crippen LogP contribution in [0.1, 0.15) is 39.0 Å². The molecule has 0 heterocycles. The predicted molar refractivity (Wildman–Crippen MR) is 57.2 cm³/mol. The molecule has 0 aromatic heterocycles. The van der Waals surface area contributed by atoms with E-state index in [0.29, 0.717) is 0 Å². The van der Waals surface area contributed by atoms with Gasteiger partial charge in [-0.05, 0) is 25.7 Å². The van der Waals surface area contributed by atoms with E-state index in [0.717, 1.165) is 6.42 Å². The van der Waals surface area contributed by atoms with Gasteiger partial charge in [-0.1, -0.05) is 43.7 Å². The van der Waals surface area contributed by atoms with Crippen molar-refractivity contribution in [3.63, 3.8) is 0 Å². The molecular formula is C12H20. The van der Waals surface area contributed by atoms with Gasteiger partial charge in [0.1, 0.15) is 0 Å². The Morgan fingerprint density at radius 1 is 1.00 bits per heavy atom. The molecule has 0 aliphatic heterocycles. The van der Waals surface area contributed by atoms with Crippen molar-refractivity contribution in [2.45, 2.75) is 39.0 Å². The Hall–Kier alpha value is -0.780. The lowest BCUT2D eigenvalue weighted by Gasteiger charge is -1.87. The molecule has 0 nitrogen and oxygen atoms in total. The third kappa shape index (κ3) is 9.22. The number of hydrogen-bond donors (Lipinski definition) is 0. The molecule has 0 aromatic rings. The van der Waals surface area contributed by atoms with Gasteiger partial charge >= 0.3 is 0 Å². The molecule has 0 saturated carbocycles. The van der Waals surface area contributed by atoms with Gasteiger partial charge in [0.2, 0.25) is 0 Å². The average molecular weight is 164 g/mol. The van der Waals surface area contributed by atoms with E-state index in [9.17, 15) is 0 Å². The van der Waals surface area contributed by atoms with Gasteiger partial charge in [-0.15, -0.1) is 6.58 Å². The number of rotatable bonds is 7. The summed E-state index contributed by atoms with van der Waals surface area (Å²) in [5.74, 6) is 0. The molecule has 0 aliphatic rings. The minimum Gasteiger partial charge on any atom is -0.103 e. The van der Waals surface area contributed by atoms with Crippen LogP contribution >= 0.6 is 0 Å². The lowest BCUT2D eigenvalue weighted by molar-refractivity contribution is 0.869. The van der Waals surface area contributed by atoms with E-state index >= 15 is 0 Å². The third-order valence-corrected chi connectivity index (χ3v) is 1.62. The first-order chi connectivity index (χ1) is 5.91. The number of unbranched alkanes of at least 4 members (excludes halogenated alkanes) is 3. The molecule has 0 N–H and O–H groups in total. The smallest absolute Gasteiger partial charge is 0.0345 e. The topological polar surface area (TPSA) is 0 Å². The summed E-state index contributed by atoms with van der Waals surface area (Å²) in [5, 5.41) is 0. The monoisotopic (exact) mass is 164 g/mol. The summed E-state index contributed by atoms with van der Waals surface area (Å²) < 4.78 is 0. The van der Waals surface area contributed by atoms with Crippen molar-refractivity contribution >= 4 is 0 Å². The van der Waals surface area contributed by atoms with Gasteiger partial charge < -0.3 is 0 Å². The normalized spacial score (nSPS) is 11.4. The van der Waals surface area contributed by atoms with Crippen LogP contribution in [0.2, 0.25) is 0 Å². The molecule has 0 rings (SSSR count). The van der Waals surface area contributed by atoms with E-state index in [1.807, 2.05) is 6.08 Å². The Morgan fingerprint density at radius 3 is 2.25 bits per heavy atom. The van der Waals surface area contributed by atoms with Crippen molar-refractivity contribution in [2.75, 3.05) is 0 Å². The number of allylic oxidation sites excluding steroid dienone is 5. The first-order valence-corrected chi connectivity index (χ1v) is 4.84. The quantitative estimate of drug-likeness (QED) is 0.300. The fraction of sp³-hybridized carbons (Fsp3) is 0.500.